The van der Waals surface area contributed by atoms with Crippen molar-refractivity contribution < 1.29 is 22.7 Å². The van der Waals surface area contributed by atoms with E-state index in [2.05, 4.69) is 0 Å². The van der Waals surface area contributed by atoms with Gasteiger partial charge in [-0.25, -0.2) is 13.2 Å². The summed E-state index contributed by atoms with van der Waals surface area (Å²) in [6.45, 7) is 0.314. The minimum absolute atomic E-state index is 0.0782. The van der Waals surface area contributed by atoms with Crippen molar-refractivity contribution in [3.05, 3.63) is 35.4 Å². The highest BCUT2D eigenvalue weighted by Gasteiger charge is 2.28. The van der Waals surface area contributed by atoms with E-state index < -0.39 is 21.9 Å². The van der Waals surface area contributed by atoms with Crippen molar-refractivity contribution in [2.24, 2.45) is 0 Å². The van der Waals surface area contributed by atoms with Crippen LogP contribution >= 0.6 is 0 Å². The third-order valence-corrected chi connectivity index (χ3v) is 5.02. The van der Waals surface area contributed by atoms with Gasteiger partial charge in [0.2, 0.25) is 0 Å². The maximum Gasteiger partial charge on any atom is 0.338 e. The molecular formula is C14H18O5S. The molecule has 1 saturated heterocycles. The molecule has 0 bridgehead atoms. The molecule has 1 aliphatic rings. The van der Waals surface area contributed by atoms with Gasteiger partial charge in [-0.2, -0.15) is 0 Å². The first-order valence-electron chi connectivity index (χ1n) is 6.50. The fourth-order valence-electron chi connectivity index (χ4n) is 2.29. The van der Waals surface area contributed by atoms with Gasteiger partial charge in [0.15, 0.2) is 9.84 Å². The van der Waals surface area contributed by atoms with Crippen molar-refractivity contribution in [2.75, 3.05) is 18.6 Å². The fourth-order valence-corrected chi connectivity index (χ4v) is 3.86. The molecule has 1 heterocycles. The zero-order valence-corrected chi connectivity index (χ0v) is 12.2. The molecule has 0 saturated carbocycles. The summed E-state index contributed by atoms with van der Waals surface area (Å²) >= 11 is 0. The highest BCUT2D eigenvalue weighted by atomic mass is 32.2. The van der Waals surface area contributed by atoms with Crippen molar-refractivity contribution in [1.29, 1.82) is 0 Å². The molecule has 1 aromatic carbocycles. The van der Waals surface area contributed by atoms with Crippen LogP contribution in [0.25, 0.3) is 0 Å². The molecule has 5 nitrogen and oxygen atoms in total. The van der Waals surface area contributed by atoms with Gasteiger partial charge in [-0.3, -0.25) is 0 Å². The van der Waals surface area contributed by atoms with Gasteiger partial charge in [-0.05, 0) is 24.5 Å². The molecule has 0 amide bonds. The minimum Gasteiger partial charge on any atom is -0.458 e. The van der Waals surface area contributed by atoms with Crippen molar-refractivity contribution in [2.45, 2.75) is 25.6 Å². The van der Waals surface area contributed by atoms with E-state index in [1.54, 1.807) is 25.3 Å². The van der Waals surface area contributed by atoms with Crippen LogP contribution in [0.4, 0.5) is 0 Å². The molecule has 2 rings (SSSR count). The second-order valence-corrected chi connectivity index (χ2v) is 7.10. The van der Waals surface area contributed by atoms with Gasteiger partial charge in [-0.15, -0.1) is 0 Å². The Hall–Kier alpha value is -1.40. The number of carbonyl (C=O) groups is 1. The molecule has 1 aliphatic heterocycles. The molecule has 0 radical (unpaired) electrons. The smallest absolute Gasteiger partial charge is 0.338 e. The first-order valence-corrected chi connectivity index (χ1v) is 8.32. The molecule has 1 atom stereocenters. The number of methoxy groups -OCH3 is 1. The largest absolute Gasteiger partial charge is 0.458 e. The van der Waals surface area contributed by atoms with Crippen LogP contribution < -0.4 is 0 Å². The molecule has 20 heavy (non-hydrogen) atoms. The van der Waals surface area contributed by atoms with Gasteiger partial charge >= 0.3 is 5.97 Å². The van der Waals surface area contributed by atoms with Gasteiger partial charge in [0.25, 0.3) is 0 Å². The monoisotopic (exact) mass is 298 g/mol. The van der Waals surface area contributed by atoms with Crippen LogP contribution in [0, 0.1) is 0 Å². The Morgan fingerprint density at radius 1 is 1.35 bits per heavy atom. The zero-order chi connectivity index (χ0) is 14.6. The lowest BCUT2D eigenvalue weighted by Crippen LogP contribution is -2.33. The summed E-state index contributed by atoms with van der Waals surface area (Å²) in [5, 5.41) is 0. The van der Waals surface area contributed by atoms with Crippen LogP contribution in [-0.2, 0) is 25.9 Å². The molecule has 6 heteroatoms. The van der Waals surface area contributed by atoms with E-state index in [-0.39, 0.29) is 11.5 Å². The second-order valence-electron chi connectivity index (χ2n) is 4.87. The van der Waals surface area contributed by atoms with Gasteiger partial charge in [0, 0.05) is 7.11 Å². The van der Waals surface area contributed by atoms with Crippen LogP contribution in [-0.4, -0.2) is 39.1 Å². The number of rotatable bonds is 4. The van der Waals surface area contributed by atoms with E-state index in [1.807, 2.05) is 6.07 Å². The fraction of sp³-hybridized carbons (Fsp3) is 0.500. The zero-order valence-electron chi connectivity index (χ0n) is 11.4. The summed E-state index contributed by atoms with van der Waals surface area (Å²) in [6.07, 6.45) is 0.592. The Bertz CT molecular complexity index is 579. The van der Waals surface area contributed by atoms with Crippen LogP contribution in [0.5, 0.6) is 0 Å². The number of benzene rings is 1. The van der Waals surface area contributed by atoms with Crippen LogP contribution in [0.1, 0.15) is 28.8 Å². The number of esters is 1. The first-order chi connectivity index (χ1) is 9.52. The van der Waals surface area contributed by atoms with Crippen LogP contribution in [0.3, 0.4) is 0 Å². The topological polar surface area (TPSA) is 69.7 Å². The lowest BCUT2D eigenvalue weighted by Gasteiger charge is -2.22. The predicted octanol–water partition coefficient (Wildman–Crippen LogP) is 1.57. The van der Waals surface area contributed by atoms with E-state index in [1.165, 1.54) is 0 Å². The predicted molar refractivity (Wildman–Crippen MR) is 74.2 cm³/mol. The Labute approximate surface area is 118 Å². The number of sulfone groups is 1. The Balaban J connectivity index is 2.08. The number of carbonyl (C=O) groups excluding carboxylic acids is 1. The van der Waals surface area contributed by atoms with Crippen molar-refractivity contribution in [3.63, 3.8) is 0 Å². The molecule has 0 aromatic heterocycles. The highest BCUT2D eigenvalue weighted by molar-refractivity contribution is 7.91. The summed E-state index contributed by atoms with van der Waals surface area (Å²) in [4.78, 5) is 12.1. The standard InChI is InChI=1S/C14H18O5S/c1-18-9-11-5-2-3-7-13(11)14(15)19-12-6-4-8-20(16,17)10-12/h2-3,5,7,12H,4,6,8-10H2,1H3. The third kappa shape index (κ3) is 3.80. The molecule has 0 spiro atoms. The molecule has 0 aliphatic carbocycles. The average molecular weight is 298 g/mol. The first kappa shape index (κ1) is 15.0. The third-order valence-electron chi connectivity index (χ3n) is 3.23. The Morgan fingerprint density at radius 3 is 2.80 bits per heavy atom. The maximum atomic E-state index is 12.1. The molecule has 1 aromatic rings. The lowest BCUT2D eigenvalue weighted by atomic mass is 10.1. The molecular weight excluding hydrogens is 280 g/mol. The average Bonchev–Trinajstić information content (AvgIpc) is 2.38. The quantitative estimate of drug-likeness (QED) is 0.789. The number of hydrogen-bond donors (Lipinski definition) is 0. The molecule has 1 unspecified atom stereocenters. The highest BCUT2D eigenvalue weighted by Crippen LogP contribution is 2.18. The lowest BCUT2D eigenvalue weighted by molar-refractivity contribution is 0.0319. The summed E-state index contributed by atoms with van der Waals surface area (Å²) < 4.78 is 33.4. The Kier molecular flexibility index (Phi) is 4.77. The van der Waals surface area contributed by atoms with Crippen LogP contribution in [0.2, 0.25) is 0 Å². The number of ether oxygens (including phenoxy) is 2. The van der Waals surface area contributed by atoms with Gasteiger partial charge < -0.3 is 9.47 Å². The van der Waals surface area contributed by atoms with Crippen molar-refractivity contribution >= 4 is 15.8 Å². The minimum atomic E-state index is -3.08. The normalized spacial score (nSPS) is 21.4. The van der Waals surface area contributed by atoms with Gasteiger partial charge in [-0.1, -0.05) is 18.2 Å². The van der Waals surface area contributed by atoms with E-state index in [0.29, 0.717) is 25.0 Å². The maximum absolute atomic E-state index is 12.1. The van der Waals surface area contributed by atoms with E-state index >= 15 is 0 Å². The van der Waals surface area contributed by atoms with E-state index in [4.69, 9.17) is 9.47 Å². The molecule has 0 N–H and O–H groups in total. The van der Waals surface area contributed by atoms with Crippen molar-refractivity contribution in [1.82, 2.24) is 0 Å². The Morgan fingerprint density at radius 2 is 2.10 bits per heavy atom. The molecule has 1 fully saturated rings. The van der Waals surface area contributed by atoms with E-state index in [0.717, 1.165) is 5.56 Å². The van der Waals surface area contributed by atoms with Crippen LogP contribution in [0.15, 0.2) is 24.3 Å². The molecule has 110 valence electrons. The summed E-state index contributed by atoms with van der Waals surface area (Å²) in [5.74, 6) is -0.383. The summed E-state index contributed by atoms with van der Waals surface area (Å²) in [5.41, 5.74) is 1.16. The van der Waals surface area contributed by atoms with Crippen molar-refractivity contribution in [3.8, 4) is 0 Å². The van der Waals surface area contributed by atoms with Gasteiger partial charge in [0.05, 0.1) is 23.7 Å². The van der Waals surface area contributed by atoms with E-state index in [9.17, 15) is 13.2 Å². The second kappa shape index (κ2) is 6.37. The van der Waals surface area contributed by atoms with Gasteiger partial charge in [0.1, 0.15) is 6.10 Å². The SMILES string of the molecule is COCc1ccccc1C(=O)OC1CCCS(=O)(=O)C1. The summed E-state index contributed by atoms with van der Waals surface area (Å²) in [6, 6.07) is 7.01. The number of hydrogen-bond acceptors (Lipinski definition) is 5. The summed E-state index contributed by atoms with van der Waals surface area (Å²) in [7, 11) is -1.53.